The van der Waals surface area contributed by atoms with Crippen LogP contribution in [0.5, 0.6) is 0 Å². The number of hydrogen-bond acceptors (Lipinski definition) is 0. The molecule has 0 saturated heterocycles. The Morgan fingerprint density at radius 1 is 1.12 bits per heavy atom. The summed E-state index contributed by atoms with van der Waals surface area (Å²) < 4.78 is 1.30. The first kappa shape index (κ1) is 12.4. The molecule has 0 aliphatic rings. The van der Waals surface area contributed by atoms with Crippen molar-refractivity contribution in [3.05, 3.63) is 6.92 Å². The maximum absolute atomic E-state index is 3.76. The molecule has 0 atom stereocenters. The molecular weight excluding hydrogens is 222 g/mol. The predicted molar refractivity (Wildman–Crippen MR) is 42.7 cm³/mol. The van der Waals surface area contributed by atoms with Crippen LogP contribution < -0.4 is 29.6 Å². The SMILES string of the molecule is [CH2-]CCCCCI.[Na+]. The molecule has 44 valence electrons. The monoisotopic (exact) mass is 234 g/mol. The first-order valence-electron chi connectivity index (χ1n) is 2.77. The molecule has 0 unspecified atom stereocenters. The number of hydrogen-bond donors (Lipinski definition) is 0. The van der Waals surface area contributed by atoms with Crippen molar-refractivity contribution >= 4 is 22.6 Å². The van der Waals surface area contributed by atoms with Crippen molar-refractivity contribution in [2.45, 2.75) is 25.7 Å². The Morgan fingerprint density at radius 2 is 1.75 bits per heavy atom. The summed E-state index contributed by atoms with van der Waals surface area (Å²) in [5.41, 5.74) is 0. The van der Waals surface area contributed by atoms with E-state index in [-0.39, 0.29) is 29.6 Å². The molecule has 0 aromatic rings. The van der Waals surface area contributed by atoms with Gasteiger partial charge in [-0.05, 0) is 10.8 Å². The molecule has 0 rings (SSSR count). The Labute approximate surface area is 88.2 Å². The zero-order chi connectivity index (χ0) is 5.54. The van der Waals surface area contributed by atoms with E-state index >= 15 is 0 Å². The molecule has 0 nitrogen and oxygen atoms in total. The van der Waals surface area contributed by atoms with Crippen molar-refractivity contribution in [2.75, 3.05) is 4.43 Å². The molecule has 0 heterocycles. The molecule has 0 fully saturated rings. The second-order valence-electron chi connectivity index (χ2n) is 1.60. The molecule has 0 aromatic carbocycles. The molecule has 0 aliphatic heterocycles. The van der Waals surface area contributed by atoms with Gasteiger partial charge in [-0.2, -0.15) is 6.42 Å². The largest absolute Gasteiger partial charge is 1.00 e. The van der Waals surface area contributed by atoms with Gasteiger partial charge in [0, 0.05) is 0 Å². The van der Waals surface area contributed by atoms with Crippen LogP contribution in [-0.2, 0) is 0 Å². The standard InChI is InChI=1S/C6H12I.Na/c1-2-3-4-5-6-7;/h1-6H2;/q-1;+1. The third-order valence-corrected chi connectivity index (χ3v) is 1.65. The molecule has 0 spiro atoms. The molecule has 2 heteroatoms. The fourth-order valence-electron chi connectivity index (χ4n) is 0.448. The summed E-state index contributed by atoms with van der Waals surface area (Å²) in [4.78, 5) is 0. The molecule has 0 N–H and O–H groups in total. The van der Waals surface area contributed by atoms with E-state index in [0.29, 0.717) is 0 Å². The first-order valence-corrected chi connectivity index (χ1v) is 4.29. The van der Waals surface area contributed by atoms with Gasteiger partial charge < -0.3 is 6.92 Å². The van der Waals surface area contributed by atoms with Gasteiger partial charge in [-0.1, -0.05) is 35.4 Å². The van der Waals surface area contributed by atoms with Crippen LogP contribution in [-0.4, -0.2) is 4.43 Å². The van der Waals surface area contributed by atoms with Gasteiger partial charge in [-0.25, -0.2) is 0 Å². The van der Waals surface area contributed by atoms with E-state index in [9.17, 15) is 0 Å². The fraction of sp³-hybridized carbons (Fsp3) is 0.833. The molecular formula is C6H12INa. The summed E-state index contributed by atoms with van der Waals surface area (Å²) in [6.07, 6.45) is 5.15. The van der Waals surface area contributed by atoms with Crippen LogP contribution in [0.15, 0.2) is 0 Å². The van der Waals surface area contributed by atoms with Crippen molar-refractivity contribution < 1.29 is 29.6 Å². The summed E-state index contributed by atoms with van der Waals surface area (Å²) in [7, 11) is 0. The minimum absolute atomic E-state index is 0. The summed E-state index contributed by atoms with van der Waals surface area (Å²) in [6, 6.07) is 0. The molecule has 0 radical (unpaired) electrons. The fourth-order valence-corrected chi connectivity index (χ4v) is 0.987. The van der Waals surface area contributed by atoms with Crippen LogP contribution in [0.1, 0.15) is 25.7 Å². The van der Waals surface area contributed by atoms with Crippen LogP contribution in [0.3, 0.4) is 0 Å². The zero-order valence-electron chi connectivity index (χ0n) is 5.62. The average Bonchev–Trinajstić information content (AvgIpc) is 1.69. The van der Waals surface area contributed by atoms with Gasteiger partial charge in [0.05, 0.1) is 0 Å². The van der Waals surface area contributed by atoms with Crippen molar-refractivity contribution in [1.82, 2.24) is 0 Å². The van der Waals surface area contributed by atoms with E-state index in [0.717, 1.165) is 6.42 Å². The number of rotatable bonds is 4. The second-order valence-corrected chi connectivity index (χ2v) is 2.68. The van der Waals surface area contributed by atoms with Gasteiger partial charge >= 0.3 is 29.6 Å². The average molecular weight is 234 g/mol. The second kappa shape index (κ2) is 11.5. The maximum atomic E-state index is 3.76. The van der Waals surface area contributed by atoms with E-state index in [1.165, 1.54) is 23.7 Å². The van der Waals surface area contributed by atoms with Crippen LogP contribution in [0.4, 0.5) is 0 Å². The third kappa shape index (κ3) is 10.7. The minimum atomic E-state index is 0. The Morgan fingerprint density at radius 3 is 2.12 bits per heavy atom. The van der Waals surface area contributed by atoms with E-state index < -0.39 is 0 Å². The van der Waals surface area contributed by atoms with Crippen LogP contribution in [0.25, 0.3) is 0 Å². The van der Waals surface area contributed by atoms with E-state index in [4.69, 9.17) is 0 Å². The van der Waals surface area contributed by atoms with Gasteiger partial charge in [0.2, 0.25) is 0 Å². The van der Waals surface area contributed by atoms with Crippen molar-refractivity contribution in [3.63, 3.8) is 0 Å². The first-order chi connectivity index (χ1) is 3.41. The number of alkyl halides is 1. The molecule has 0 aliphatic carbocycles. The van der Waals surface area contributed by atoms with E-state index in [2.05, 4.69) is 29.5 Å². The molecule has 8 heavy (non-hydrogen) atoms. The summed E-state index contributed by atoms with van der Waals surface area (Å²) in [5.74, 6) is 0. The summed E-state index contributed by atoms with van der Waals surface area (Å²) in [5, 5.41) is 0. The topological polar surface area (TPSA) is 0 Å². The van der Waals surface area contributed by atoms with Crippen LogP contribution in [0.2, 0.25) is 0 Å². The van der Waals surface area contributed by atoms with Gasteiger partial charge in [-0.15, -0.1) is 0 Å². The van der Waals surface area contributed by atoms with Gasteiger partial charge in [0.15, 0.2) is 0 Å². The quantitative estimate of drug-likeness (QED) is 0.208. The van der Waals surface area contributed by atoms with Crippen molar-refractivity contribution in [3.8, 4) is 0 Å². The summed E-state index contributed by atoms with van der Waals surface area (Å²) >= 11 is 2.41. The van der Waals surface area contributed by atoms with Crippen molar-refractivity contribution in [2.24, 2.45) is 0 Å². The maximum Gasteiger partial charge on any atom is 1.00 e. The third-order valence-electron chi connectivity index (χ3n) is 0.884. The van der Waals surface area contributed by atoms with Crippen LogP contribution >= 0.6 is 22.6 Å². The van der Waals surface area contributed by atoms with E-state index in [1.54, 1.807) is 0 Å². The number of halogens is 1. The Bertz CT molecular complexity index is 27.7. The van der Waals surface area contributed by atoms with Gasteiger partial charge in [0.1, 0.15) is 0 Å². The summed E-state index contributed by atoms with van der Waals surface area (Å²) in [6.45, 7) is 3.76. The van der Waals surface area contributed by atoms with Gasteiger partial charge in [-0.3, -0.25) is 0 Å². The molecule has 0 aromatic heterocycles. The minimum Gasteiger partial charge on any atom is -0.343 e. The Balaban J connectivity index is 0. The molecule has 0 bridgehead atoms. The predicted octanol–water partition coefficient (Wildman–Crippen LogP) is -0.180. The zero-order valence-corrected chi connectivity index (χ0v) is 9.78. The Kier molecular flexibility index (Phi) is 17.9. The van der Waals surface area contributed by atoms with Crippen molar-refractivity contribution in [1.29, 1.82) is 0 Å². The number of unbranched alkanes of at least 4 members (excludes halogenated alkanes) is 3. The van der Waals surface area contributed by atoms with Crippen LogP contribution in [0, 0.1) is 6.92 Å². The van der Waals surface area contributed by atoms with E-state index in [1.807, 2.05) is 0 Å². The molecule has 0 saturated carbocycles. The molecule has 0 amide bonds. The van der Waals surface area contributed by atoms with Gasteiger partial charge in [0.25, 0.3) is 0 Å². The Hall–Kier alpha value is 1.73. The normalized spacial score (nSPS) is 8.25. The smallest absolute Gasteiger partial charge is 0.343 e.